The Hall–Kier alpha value is -2.32. The van der Waals surface area contributed by atoms with Crippen LogP contribution < -0.4 is 5.32 Å². The number of hydrogen-bond acceptors (Lipinski definition) is 5. The Morgan fingerprint density at radius 2 is 2.12 bits per heavy atom. The SMILES string of the molecule is Cc1nn(C)c(C)c1NC(=O)C(C)Sc1nncn1-c1cccc(Cl)c1. The first-order chi connectivity index (χ1) is 12.4. The number of nitrogens with one attached hydrogen (secondary N) is 1. The maximum atomic E-state index is 12.6. The zero-order chi connectivity index (χ0) is 18.8. The van der Waals surface area contributed by atoms with Gasteiger partial charge in [-0.2, -0.15) is 5.10 Å². The molecule has 0 saturated heterocycles. The van der Waals surface area contributed by atoms with Crippen molar-refractivity contribution in [3.8, 4) is 5.69 Å². The second kappa shape index (κ2) is 7.51. The average Bonchev–Trinajstić information content (AvgIpc) is 3.15. The number of carbonyl (C=O) groups is 1. The molecule has 26 heavy (non-hydrogen) atoms. The Morgan fingerprint density at radius 1 is 1.35 bits per heavy atom. The summed E-state index contributed by atoms with van der Waals surface area (Å²) in [4.78, 5) is 12.6. The molecule has 1 amide bonds. The molecule has 3 aromatic rings. The van der Waals surface area contributed by atoms with E-state index < -0.39 is 0 Å². The molecule has 0 fully saturated rings. The maximum Gasteiger partial charge on any atom is 0.237 e. The summed E-state index contributed by atoms with van der Waals surface area (Å²) in [6.07, 6.45) is 1.61. The maximum absolute atomic E-state index is 12.6. The molecule has 1 N–H and O–H groups in total. The van der Waals surface area contributed by atoms with Gasteiger partial charge in [0.15, 0.2) is 5.16 Å². The monoisotopic (exact) mass is 390 g/mol. The third kappa shape index (κ3) is 3.76. The average molecular weight is 391 g/mol. The summed E-state index contributed by atoms with van der Waals surface area (Å²) in [5.41, 5.74) is 3.30. The van der Waals surface area contributed by atoms with Crippen molar-refractivity contribution in [2.24, 2.45) is 7.05 Å². The second-order valence-corrected chi connectivity index (χ2v) is 7.63. The number of halogens is 1. The van der Waals surface area contributed by atoms with Gasteiger partial charge in [0.25, 0.3) is 0 Å². The predicted molar refractivity (Wildman–Crippen MR) is 103 cm³/mol. The van der Waals surface area contributed by atoms with Gasteiger partial charge in [0.1, 0.15) is 6.33 Å². The molecule has 3 rings (SSSR count). The highest BCUT2D eigenvalue weighted by Gasteiger charge is 2.21. The quantitative estimate of drug-likeness (QED) is 0.675. The number of aryl methyl sites for hydroxylation is 2. The molecule has 0 radical (unpaired) electrons. The zero-order valence-electron chi connectivity index (χ0n) is 14.9. The highest BCUT2D eigenvalue weighted by molar-refractivity contribution is 8.00. The number of aromatic nitrogens is 5. The molecule has 1 unspecified atom stereocenters. The summed E-state index contributed by atoms with van der Waals surface area (Å²) in [6.45, 7) is 5.62. The van der Waals surface area contributed by atoms with E-state index in [-0.39, 0.29) is 11.2 Å². The van der Waals surface area contributed by atoms with Gasteiger partial charge >= 0.3 is 0 Å². The molecule has 0 saturated carbocycles. The van der Waals surface area contributed by atoms with Crippen molar-refractivity contribution >= 4 is 35.0 Å². The largest absolute Gasteiger partial charge is 0.322 e. The molecule has 0 aliphatic rings. The van der Waals surface area contributed by atoms with Crippen molar-refractivity contribution in [1.29, 1.82) is 0 Å². The lowest BCUT2D eigenvalue weighted by Gasteiger charge is -2.13. The minimum absolute atomic E-state index is 0.116. The van der Waals surface area contributed by atoms with Gasteiger partial charge in [0, 0.05) is 12.1 Å². The van der Waals surface area contributed by atoms with Crippen LogP contribution in [0.4, 0.5) is 5.69 Å². The highest BCUT2D eigenvalue weighted by atomic mass is 35.5. The minimum Gasteiger partial charge on any atom is -0.322 e. The number of hydrogen-bond donors (Lipinski definition) is 1. The van der Waals surface area contributed by atoms with Crippen molar-refractivity contribution in [3.63, 3.8) is 0 Å². The Bertz CT molecular complexity index is 951. The van der Waals surface area contributed by atoms with E-state index >= 15 is 0 Å². The topological polar surface area (TPSA) is 77.6 Å². The first-order valence-electron chi connectivity index (χ1n) is 8.00. The van der Waals surface area contributed by atoms with E-state index in [1.165, 1.54) is 11.8 Å². The number of anilines is 1. The molecule has 0 bridgehead atoms. The van der Waals surface area contributed by atoms with Crippen molar-refractivity contribution in [3.05, 3.63) is 47.0 Å². The Balaban J connectivity index is 1.75. The molecule has 1 atom stereocenters. The van der Waals surface area contributed by atoms with Crippen LogP contribution in [0.3, 0.4) is 0 Å². The predicted octanol–water partition coefficient (Wildman–Crippen LogP) is 3.39. The van der Waals surface area contributed by atoms with E-state index in [1.807, 2.05) is 46.0 Å². The van der Waals surface area contributed by atoms with Gasteiger partial charge in [-0.15, -0.1) is 10.2 Å². The third-order valence-corrected chi connectivity index (χ3v) is 5.30. The summed E-state index contributed by atoms with van der Waals surface area (Å²) in [5, 5.41) is 16.2. The fraction of sp³-hybridized carbons (Fsp3) is 0.294. The molecular weight excluding hydrogens is 372 g/mol. The van der Waals surface area contributed by atoms with Crippen LogP contribution in [-0.2, 0) is 11.8 Å². The van der Waals surface area contributed by atoms with Crippen LogP contribution in [0.5, 0.6) is 0 Å². The first-order valence-corrected chi connectivity index (χ1v) is 9.26. The molecule has 9 heteroatoms. The summed E-state index contributed by atoms with van der Waals surface area (Å²) >= 11 is 7.39. The minimum atomic E-state index is -0.365. The molecule has 136 valence electrons. The number of nitrogens with zero attached hydrogens (tertiary/aromatic N) is 5. The molecule has 0 aliphatic heterocycles. The fourth-order valence-corrected chi connectivity index (χ4v) is 3.53. The second-order valence-electron chi connectivity index (χ2n) is 5.88. The Kier molecular flexibility index (Phi) is 5.33. The van der Waals surface area contributed by atoms with E-state index in [2.05, 4.69) is 20.6 Å². The van der Waals surface area contributed by atoms with Crippen molar-refractivity contribution < 1.29 is 4.79 Å². The van der Waals surface area contributed by atoms with Crippen LogP contribution in [0, 0.1) is 13.8 Å². The van der Waals surface area contributed by atoms with Crippen LogP contribution in [0.2, 0.25) is 5.02 Å². The standard InChI is InChI=1S/C17H19ClN6OS/c1-10-15(11(2)23(4)22-10)20-16(25)12(3)26-17-21-19-9-24(17)14-7-5-6-13(18)8-14/h5-9,12H,1-4H3,(H,20,25). The molecule has 2 aromatic heterocycles. The van der Waals surface area contributed by atoms with Gasteiger partial charge < -0.3 is 5.32 Å². The van der Waals surface area contributed by atoms with Crippen molar-refractivity contribution in [1.82, 2.24) is 24.5 Å². The van der Waals surface area contributed by atoms with Crippen LogP contribution in [0.25, 0.3) is 5.69 Å². The third-order valence-electron chi connectivity index (χ3n) is 4.01. The summed E-state index contributed by atoms with van der Waals surface area (Å²) < 4.78 is 3.55. The van der Waals surface area contributed by atoms with Gasteiger partial charge in [-0.1, -0.05) is 29.4 Å². The van der Waals surface area contributed by atoms with Crippen LogP contribution >= 0.6 is 23.4 Å². The van der Waals surface area contributed by atoms with E-state index in [0.717, 1.165) is 22.8 Å². The summed E-state index contributed by atoms with van der Waals surface area (Å²) in [7, 11) is 1.85. The summed E-state index contributed by atoms with van der Waals surface area (Å²) in [6, 6.07) is 7.39. The van der Waals surface area contributed by atoms with Gasteiger partial charge in [-0.05, 0) is 39.0 Å². The Morgan fingerprint density at radius 3 is 2.77 bits per heavy atom. The highest BCUT2D eigenvalue weighted by Crippen LogP contribution is 2.26. The van der Waals surface area contributed by atoms with E-state index in [4.69, 9.17) is 11.6 Å². The fourth-order valence-electron chi connectivity index (χ4n) is 2.50. The zero-order valence-corrected chi connectivity index (χ0v) is 16.5. The van der Waals surface area contributed by atoms with Crippen LogP contribution in [0.1, 0.15) is 18.3 Å². The van der Waals surface area contributed by atoms with E-state index in [1.54, 1.807) is 21.6 Å². The number of carbonyl (C=O) groups excluding carboxylic acids is 1. The van der Waals surface area contributed by atoms with Crippen LogP contribution in [0.15, 0.2) is 35.7 Å². The Labute approximate surface area is 160 Å². The smallest absolute Gasteiger partial charge is 0.237 e. The molecule has 0 spiro atoms. The normalized spacial score (nSPS) is 12.2. The lowest BCUT2D eigenvalue weighted by atomic mass is 10.3. The summed E-state index contributed by atoms with van der Waals surface area (Å²) in [5.74, 6) is -0.116. The number of amides is 1. The lowest BCUT2D eigenvalue weighted by Crippen LogP contribution is -2.23. The van der Waals surface area contributed by atoms with Gasteiger partial charge in [0.05, 0.1) is 28.0 Å². The van der Waals surface area contributed by atoms with Crippen LogP contribution in [-0.4, -0.2) is 35.7 Å². The number of thioether (sulfide) groups is 1. The van der Waals surface area contributed by atoms with Gasteiger partial charge in [-0.25, -0.2) is 0 Å². The molecule has 2 heterocycles. The molecule has 0 aliphatic carbocycles. The van der Waals surface area contributed by atoms with Crippen molar-refractivity contribution in [2.45, 2.75) is 31.2 Å². The first kappa shape index (κ1) is 18.5. The van der Waals surface area contributed by atoms with Gasteiger partial charge in [-0.3, -0.25) is 14.0 Å². The number of rotatable bonds is 5. The lowest BCUT2D eigenvalue weighted by molar-refractivity contribution is -0.115. The number of benzene rings is 1. The molecule has 1 aromatic carbocycles. The van der Waals surface area contributed by atoms with Gasteiger partial charge in [0.2, 0.25) is 5.91 Å². The van der Waals surface area contributed by atoms with Crippen molar-refractivity contribution in [2.75, 3.05) is 5.32 Å². The molecular formula is C17H19ClN6OS. The molecule has 7 nitrogen and oxygen atoms in total. The van der Waals surface area contributed by atoms with E-state index in [9.17, 15) is 4.79 Å². The van der Waals surface area contributed by atoms with E-state index in [0.29, 0.717) is 10.2 Å².